The third-order valence-electron chi connectivity index (χ3n) is 4.18. The number of nitrogens with one attached hydrogen (secondary N) is 1. The van der Waals surface area contributed by atoms with Crippen molar-refractivity contribution in [3.05, 3.63) is 53.9 Å². The van der Waals surface area contributed by atoms with Crippen molar-refractivity contribution < 1.29 is 4.79 Å². The molecule has 3 heterocycles. The molecule has 24 heavy (non-hydrogen) atoms. The number of carbonyl (C=O) groups is 1. The lowest BCUT2D eigenvalue weighted by molar-refractivity contribution is -0.113. The first-order valence-corrected chi connectivity index (χ1v) is 9.02. The van der Waals surface area contributed by atoms with Crippen LogP contribution in [0.4, 0.5) is 5.82 Å². The van der Waals surface area contributed by atoms with Crippen molar-refractivity contribution in [1.82, 2.24) is 14.8 Å². The molecule has 0 saturated carbocycles. The fraction of sp³-hybridized carbons (Fsp3) is 0.278. The van der Waals surface area contributed by atoms with Gasteiger partial charge in [-0.05, 0) is 25.5 Å². The molecule has 0 radical (unpaired) electrons. The molecule has 0 spiro atoms. The van der Waals surface area contributed by atoms with Gasteiger partial charge >= 0.3 is 0 Å². The molecule has 1 amide bonds. The summed E-state index contributed by atoms with van der Waals surface area (Å²) in [6, 6.07) is 10.4. The number of aromatic nitrogens is 3. The van der Waals surface area contributed by atoms with Crippen molar-refractivity contribution >= 4 is 34.4 Å². The van der Waals surface area contributed by atoms with E-state index in [9.17, 15) is 4.79 Å². The average Bonchev–Trinajstić information content (AvgIpc) is 2.91. The molecule has 1 aliphatic heterocycles. The maximum Gasteiger partial charge on any atom is 0.235 e. The Kier molecular flexibility index (Phi) is 3.76. The summed E-state index contributed by atoms with van der Waals surface area (Å²) in [7, 11) is 0. The Balaban J connectivity index is 1.91. The number of hydrogen-bond donors (Lipinski definition) is 1. The van der Waals surface area contributed by atoms with Crippen LogP contribution in [0, 0.1) is 0 Å². The van der Waals surface area contributed by atoms with Gasteiger partial charge in [0, 0.05) is 23.2 Å². The zero-order valence-corrected chi connectivity index (χ0v) is 14.4. The van der Waals surface area contributed by atoms with E-state index in [0.717, 1.165) is 27.8 Å². The molecule has 1 unspecified atom stereocenters. The third-order valence-corrected chi connectivity index (χ3v) is 5.45. The van der Waals surface area contributed by atoms with Gasteiger partial charge in [-0.15, -0.1) is 11.8 Å². The van der Waals surface area contributed by atoms with E-state index >= 15 is 0 Å². The van der Waals surface area contributed by atoms with Crippen molar-refractivity contribution in [3.63, 3.8) is 0 Å². The SMILES string of the molecule is CC(C)n1ncc2c1NC(=O)CSC2c1cccc2cccnc12. The number of rotatable bonds is 2. The van der Waals surface area contributed by atoms with Crippen LogP contribution in [0.5, 0.6) is 0 Å². The zero-order chi connectivity index (χ0) is 16.7. The first kappa shape index (κ1) is 15.2. The number of para-hydroxylation sites is 1. The van der Waals surface area contributed by atoms with Gasteiger partial charge in [0.2, 0.25) is 5.91 Å². The van der Waals surface area contributed by atoms with Crippen LogP contribution >= 0.6 is 11.8 Å². The van der Waals surface area contributed by atoms with E-state index in [4.69, 9.17) is 0 Å². The summed E-state index contributed by atoms with van der Waals surface area (Å²) in [6.45, 7) is 4.12. The fourth-order valence-corrected chi connectivity index (χ4v) is 4.21. The van der Waals surface area contributed by atoms with E-state index in [0.29, 0.717) is 5.75 Å². The van der Waals surface area contributed by atoms with Crippen LogP contribution in [0.15, 0.2) is 42.7 Å². The Morgan fingerprint density at radius 3 is 2.92 bits per heavy atom. The smallest absolute Gasteiger partial charge is 0.235 e. The zero-order valence-electron chi connectivity index (χ0n) is 13.6. The van der Waals surface area contributed by atoms with Crippen LogP contribution in [0.2, 0.25) is 0 Å². The highest BCUT2D eigenvalue weighted by Crippen LogP contribution is 2.43. The standard InChI is InChI=1S/C18H18N4OS/c1-11(2)22-18-14(9-20-22)17(24-10-15(23)21-18)13-7-3-5-12-6-4-8-19-16(12)13/h3-9,11,17H,10H2,1-2H3,(H,21,23). The summed E-state index contributed by atoms with van der Waals surface area (Å²) in [5.41, 5.74) is 3.15. The van der Waals surface area contributed by atoms with Gasteiger partial charge in [-0.25, -0.2) is 4.68 Å². The normalized spacial score (nSPS) is 17.6. The van der Waals surface area contributed by atoms with Crippen LogP contribution in [0.1, 0.15) is 36.3 Å². The van der Waals surface area contributed by atoms with Gasteiger partial charge in [0.05, 0.1) is 22.7 Å². The molecular weight excluding hydrogens is 320 g/mol. The van der Waals surface area contributed by atoms with Crippen LogP contribution in [0.25, 0.3) is 10.9 Å². The Hall–Kier alpha value is -2.34. The number of anilines is 1. The van der Waals surface area contributed by atoms with Crippen LogP contribution in [-0.4, -0.2) is 26.4 Å². The number of thioether (sulfide) groups is 1. The van der Waals surface area contributed by atoms with E-state index < -0.39 is 0 Å². The van der Waals surface area contributed by atoms with Crippen molar-refractivity contribution in [2.45, 2.75) is 25.1 Å². The third kappa shape index (κ3) is 2.47. The summed E-state index contributed by atoms with van der Waals surface area (Å²) in [5.74, 6) is 1.23. The molecule has 0 fully saturated rings. The Morgan fingerprint density at radius 2 is 2.08 bits per heavy atom. The predicted octanol–water partition coefficient (Wildman–Crippen LogP) is 3.79. The average molecular weight is 338 g/mol. The Labute approximate surface area is 144 Å². The summed E-state index contributed by atoms with van der Waals surface area (Å²) < 4.78 is 1.88. The number of hydrogen-bond acceptors (Lipinski definition) is 4. The van der Waals surface area contributed by atoms with Gasteiger partial charge in [-0.3, -0.25) is 9.78 Å². The molecule has 4 rings (SSSR count). The molecule has 0 bridgehead atoms. The largest absolute Gasteiger partial charge is 0.310 e. The molecule has 0 saturated heterocycles. The van der Waals surface area contributed by atoms with Gasteiger partial charge < -0.3 is 5.32 Å². The van der Waals surface area contributed by atoms with Crippen molar-refractivity contribution in [2.24, 2.45) is 0 Å². The first-order chi connectivity index (χ1) is 11.6. The van der Waals surface area contributed by atoms with E-state index in [1.165, 1.54) is 0 Å². The Morgan fingerprint density at radius 1 is 1.25 bits per heavy atom. The molecule has 122 valence electrons. The molecule has 1 aliphatic rings. The van der Waals surface area contributed by atoms with Crippen LogP contribution in [0.3, 0.4) is 0 Å². The summed E-state index contributed by atoms with van der Waals surface area (Å²) in [5, 5.41) is 8.66. The molecule has 1 atom stereocenters. The molecule has 2 aromatic heterocycles. The highest BCUT2D eigenvalue weighted by molar-refractivity contribution is 8.00. The number of fused-ring (bicyclic) bond motifs is 2. The number of nitrogens with zero attached hydrogens (tertiary/aromatic N) is 3. The van der Waals surface area contributed by atoms with E-state index in [1.807, 2.05) is 29.2 Å². The van der Waals surface area contributed by atoms with Crippen molar-refractivity contribution in [3.8, 4) is 0 Å². The number of benzene rings is 1. The molecule has 0 aliphatic carbocycles. The lowest BCUT2D eigenvalue weighted by atomic mass is 10.0. The molecule has 6 heteroatoms. The lowest BCUT2D eigenvalue weighted by Gasteiger charge is -2.16. The number of amides is 1. The van der Waals surface area contributed by atoms with Gasteiger partial charge in [0.1, 0.15) is 5.82 Å². The minimum absolute atomic E-state index is 0.0133. The van der Waals surface area contributed by atoms with Crippen LogP contribution in [-0.2, 0) is 4.79 Å². The summed E-state index contributed by atoms with van der Waals surface area (Å²) in [4.78, 5) is 16.7. The highest BCUT2D eigenvalue weighted by atomic mass is 32.2. The number of pyridine rings is 1. The molecule has 3 aromatic rings. The molecule has 1 aromatic carbocycles. The summed E-state index contributed by atoms with van der Waals surface area (Å²) >= 11 is 1.62. The summed E-state index contributed by atoms with van der Waals surface area (Å²) in [6.07, 6.45) is 3.69. The second-order valence-electron chi connectivity index (χ2n) is 6.15. The highest BCUT2D eigenvalue weighted by Gasteiger charge is 2.29. The minimum Gasteiger partial charge on any atom is -0.310 e. The van der Waals surface area contributed by atoms with E-state index in [2.05, 4.69) is 47.4 Å². The molecular formula is C18H18N4OS. The monoisotopic (exact) mass is 338 g/mol. The van der Waals surface area contributed by atoms with E-state index in [1.54, 1.807) is 11.8 Å². The second-order valence-corrected chi connectivity index (χ2v) is 7.24. The molecule has 5 nitrogen and oxygen atoms in total. The molecule has 1 N–H and O–H groups in total. The van der Waals surface area contributed by atoms with Gasteiger partial charge in [0.15, 0.2) is 0 Å². The van der Waals surface area contributed by atoms with Gasteiger partial charge in [0.25, 0.3) is 0 Å². The van der Waals surface area contributed by atoms with Gasteiger partial charge in [-0.2, -0.15) is 5.10 Å². The topological polar surface area (TPSA) is 59.8 Å². The van der Waals surface area contributed by atoms with E-state index in [-0.39, 0.29) is 17.2 Å². The second kappa shape index (κ2) is 5.94. The maximum atomic E-state index is 12.2. The fourth-order valence-electron chi connectivity index (χ4n) is 3.10. The minimum atomic E-state index is 0.0133. The Bertz CT molecular complexity index is 913. The van der Waals surface area contributed by atoms with Gasteiger partial charge in [-0.1, -0.05) is 24.3 Å². The van der Waals surface area contributed by atoms with Crippen LogP contribution < -0.4 is 5.32 Å². The van der Waals surface area contributed by atoms with Crippen molar-refractivity contribution in [2.75, 3.05) is 11.1 Å². The first-order valence-electron chi connectivity index (χ1n) is 7.97. The predicted molar refractivity (Wildman–Crippen MR) is 97.3 cm³/mol. The maximum absolute atomic E-state index is 12.2. The number of carbonyl (C=O) groups excluding carboxylic acids is 1. The van der Waals surface area contributed by atoms with Crippen molar-refractivity contribution in [1.29, 1.82) is 0 Å². The quantitative estimate of drug-likeness (QED) is 0.772. The lowest BCUT2D eigenvalue weighted by Crippen LogP contribution is -2.17.